The van der Waals surface area contributed by atoms with Gasteiger partial charge in [0, 0.05) is 19.4 Å². The van der Waals surface area contributed by atoms with Crippen molar-refractivity contribution in [3.05, 3.63) is 28.7 Å². The summed E-state index contributed by atoms with van der Waals surface area (Å²) in [6, 6.07) is 8.41. The summed E-state index contributed by atoms with van der Waals surface area (Å²) < 4.78 is 1.13. The Balaban J connectivity index is 2.42. The molecule has 1 aromatic carbocycles. The van der Waals surface area contributed by atoms with Crippen molar-refractivity contribution in [2.45, 2.75) is 28.8 Å². The van der Waals surface area contributed by atoms with Crippen LogP contribution in [0.3, 0.4) is 0 Å². The fourth-order valence-corrected chi connectivity index (χ4v) is 4.00. The maximum atomic E-state index is 3.58. The van der Waals surface area contributed by atoms with E-state index < -0.39 is 0 Å². The van der Waals surface area contributed by atoms with Gasteiger partial charge in [0.15, 0.2) is 0 Å². The average Bonchev–Trinajstić information content (AvgIpc) is 2.16. The maximum absolute atomic E-state index is 3.58. The van der Waals surface area contributed by atoms with Crippen LogP contribution in [0.4, 0.5) is 0 Å². The lowest BCUT2D eigenvalue weighted by atomic mass is 10.4. The second-order valence-electron chi connectivity index (χ2n) is 3.02. The fourth-order valence-electron chi connectivity index (χ4n) is 0.698. The lowest BCUT2D eigenvalue weighted by Gasteiger charge is -2.12. The molecule has 0 aromatic heterocycles. The van der Waals surface area contributed by atoms with E-state index in [9.17, 15) is 0 Å². The molecule has 0 aliphatic heterocycles. The third-order valence-electron chi connectivity index (χ3n) is 1.76. The molecular formula is C10H12Br2S2. The smallest absolute Gasteiger partial charge is 0.0249 e. The van der Waals surface area contributed by atoms with Gasteiger partial charge < -0.3 is 0 Å². The summed E-state index contributed by atoms with van der Waals surface area (Å²) in [6.45, 7) is 4.41. The molecule has 0 bridgehead atoms. The van der Waals surface area contributed by atoms with E-state index in [2.05, 4.69) is 70.0 Å². The van der Waals surface area contributed by atoms with Gasteiger partial charge in [-0.25, -0.2) is 0 Å². The Kier molecular flexibility index (Phi) is 5.97. The Morgan fingerprint density at radius 2 is 1.71 bits per heavy atom. The molecular weight excluding hydrogens is 344 g/mol. The van der Waals surface area contributed by atoms with Gasteiger partial charge in [-0.3, -0.25) is 0 Å². The normalized spacial score (nSPS) is 15.1. The molecule has 0 amide bonds. The van der Waals surface area contributed by atoms with Crippen molar-refractivity contribution >= 4 is 53.4 Å². The van der Waals surface area contributed by atoms with E-state index in [1.807, 2.05) is 21.6 Å². The summed E-state index contributed by atoms with van der Waals surface area (Å²) in [5.41, 5.74) is 0. The number of halogens is 2. The summed E-state index contributed by atoms with van der Waals surface area (Å²) in [5.74, 6) is 0. The SMILES string of the molecule is CC(SSc1ccc(Br)cc1)[C@@H](C)Br. The monoisotopic (exact) mass is 354 g/mol. The third kappa shape index (κ3) is 4.60. The van der Waals surface area contributed by atoms with Crippen LogP contribution in [0.1, 0.15) is 13.8 Å². The van der Waals surface area contributed by atoms with Gasteiger partial charge in [0.2, 0.25) is 0 Å². The van der Waals surface area contributed by atoms with E-state index in [-0.39, 0.29) is 0 Å². The quantitative estimate of drug-likeness (QED) is 0.526. The van der Waals surface area contributed by atoms with Gasteiger partial charge in [-0.1, -0.05) is 67.3 Å². The molecule has 2 atom stereocenters. The van der Waals surface area contributed by atoms with Gasteiger partial charge in [0.25, 0.3) is 0 Å². The van der Waals surface area contributed by atoms with Crippen molar-refractivity contribution in [1.29, 1.82) is 0 Å². The van der Waals surface area contributed by atoms with Gasteiger partial charge in [-0.2, -0.15) is 0 Å². The van der Waals surface area contributed by atoms with Crippen LogP contribution >= 0.6 is 53.4 Å². The van der Waals surface area contributed by atoms with Crippen molar-refractivity contribution in [3.63, 3.8) is 0 Å². The standard InChI is InChI=1S/C10H12Br2S2/c1-7(11)8(2)13-14-10-5-3-9(12)4-6-10/h3-8H,1-2H3/t7-,8?/m1/s1. The van der Waals surface area contributed by atoms with Gasteiger partial charge in [-0.05, 0) is 24.3 Å². The molecule has 1 unspecified atom stereocenters. The molecule has 0 aliphatic carbocycles. The molecule has 0 heterocycles. The van der Waals surface area contributed by atoms with Gasteiger partial charge in [0.05, 0.1) is 0 Å². The van der Waals surface area contributed by atoms with Gasteiger partial charge in [-0.15, -0.1) is 0 Å². The summed E-state index contributed by atoms with van der Waals surface area (Å²) in [7, 11) is 3.73. The summed E-state index contributed by atoms with van der Waals surface area (Å²) in [6.07, 6.45) is 0. The molecule has 0 N–H and O–H groups in total. The van der Waals surface area contributed by atoms with Crippen LogP contribution in [0.5, 0.6) is 0 Å². The summed E-state index contributed by atoms with van der Waals surface area (Å²) in [5, 5.41) is 0.614. The molecule has 0 saturated carbocycles. The summed E-state index contributed by atoms with van der Waals surface area (Å²) in [4.78, 5) is 1.86. The zero-order valence-corrected chi connectivity index (χ0v) is 12.8. The van der Waals surface area contributed by atoms with Crippen molar-refractivity contribution < 1.29 is 0 Å². The number of hydrogen-bond acceptors (Lipinski definition) is 2. The van der Waals surface area contributed by atoms with E-state index in [0.717, 1.165) is 4.47 Å². The topological polar surface area (TPSA) is 0 Å². The molecule has 0 fully saturated rings. The van der Waals surface area contributed by atoms with Crippen molar-refractivity contribution in [1.82, 2.24) is 0 Å². The Hall–Kier alpha value is 0.880. The summed E-state index contributed by atoms with van der Waals surface area (Å²) >= 11 is 7.01. The second-order valence-corrected chi connectivity index (χ2v) is 8.03. The minimum atomic E-state index is 0.551. The molecule has 1 rings (SSSR count). The van der Waals surface area contributed by atoms with Crippen LogP contribution in [0.25, 0.3) is 0 Å². The number of rotatable bonds is 4. The van der Waals surface area contributed by atoms with Crippen molar-refractivity contribution in [2.75, 3.05) is 0 Å². The molecule has 0 spiro atoms. The first-order valence-electron chi connectivity index (χ1n) is 4.32. The molecule has 4 heteroatoms. The highest BCUT2D eigenvalue weighted by atomic mass is 79.9. The largest absolute Gasteiger partial charge is 0.0881 e. The molecule has 78 valence electrons. The Labute approximate surface area is 110 Å². The first kappa shape index (κ1) is 12.9. The predicted molar refractivity (Wildman–Crippen MR) is 75.4 cm³/mol. The van der Waals surface area contributed by atoms with E-state index in [1.165, 1.54) is 4.90 Å². The maximum Gasteiger partial charge on any atom is 0.0249 e. The lowest BCUT2D eigenvalue weighted by Crippen LogP contribution is -2.06. The molecule has 0 aliphatic rings. The van der Waals surface area contributed by atoms with Gasteiger partial charge in [0.1, 0.15) is 0 Å². The van der Waals surface area contributed by atoms with Gasteiger partial charge >= 0.3 is 0 Å². The Bertz CT molecular complexity index is 272. The Morgan fingerprint density at radius 1 is 1.14 bits per heavy atom. The van der Waals surface area contributed by atoms with Crippen LogP contribution in [0.15, 0.2) is 33.6 Å². The first-order valence-corrected chi connectivity index (χ1v) is 8.24. The molecule has 0 saturated heterocycles. The lowest BCUT2D eigenvalue weighted by molar-refractivity contribution is 0.949. The molecule has 0 nitrogen and oxygen atoms in total. The third-order valence-corrected chi connectivity index (χ3v) is 6.48. The van der Waals surface area contributed by atoms with Crippen LogP contribution in [0, 0.1) is 0 Å². The Morgan fingerprint density at radius 3 is 2.21 bits per heavy atom. The highest BCUT2D eigenvalue weighted by Crippen LogP contribution is 2.37. The highest BCUT2D eigenvalue weighted by Gasteiger charge is 2.09. The van der Waals surface area contributed by atoms with Crippen LogP contribution < -0.4 is 0 Å². The van der Waals surface area contributed by atoms with Crippen LogP contribution in [0.2, 0.25) is 0 Å². The number of hydrogen-bond donors (Lipinski definition) is 0. The van der Waals surface area contributed by atoms with E-state index in [1.54, 1.807) is 0 Å². The predicted octanol–water partition coefficient (Wildman–Crippen LogP) is 5.36. The molecule has 14 heavy (non-hydrogen) atoms. The molecule has 0 radical (unpaired) electrons. The highest BCUT2D eigenvalue weighted by molar-refractivity contribution is 9.10. The minimum Gasteiger partial charge on any atom is -0.0881 e. The average molecular weight is 356 g/mol. The number of benzene rings is 1. The van der Waals surface area contributed by atoms with Crippen molar-refractivity contribution in [3.8, 4) is 0 Å². The molecule has 1 aromatic rings. The number of alkyl halides is 1. The first-order chi connectivity index (χ1) is 6.59. The minimum absolute atomic E-state index is 0.551. The fraction of sp³-hybridized carbons (Fsp3) is 0.400. The van der Waals surface area contributed by atoms with E-state index in [0.29, 0.717) is 10.1 Å². The van der Waals surface area contributed by atoms with Crippen molar-refractivity contribution in [2.24, 2.45) is 0 Å². The van der Waals surface area contributed by atoms with Crippen LogP contribution in [-0.4, -0.2) is 10.1 Å². The van der Waals surface area contributed by atoms with E-state index >= 15 is 0 Å². The second kappa shape index (κ2) is 6.46. The zero-order chi connectivity index (χ0) is 10.6. The van der Waals surface area contributed by atoms with Crippen LogP contribution in [-0.2, 0) is 0 Å². The van der Waals surface area contributed by atoms with E-state index in [4.69, 9.17) is 0 Å². The zero-order valence-electron chi connectivity index (χ0n) is 8.04.